The Labute approximate surface area is 126 Å². The number of fused-ring (bicyclic) bond motifs is 1. The first kappa shape index (κ1) is 13.7. The van der Waals surface area contributed by atoms with Crippen molar-refractivity contribution >= 4 is 15.9 Å². The second-order valence-electron chi connectivity index (χ2n) is 4.98. The fraction of sp³-hybridized carbons (Fsp3) is 0.333. The van der Waals surface area contributed by atoms with Gasteiger partial charge in [-0.3, -0.25) is 11.3 Å². The van der Waals surface area contributed by atoms with Crippen LogP contribution in [0.3, 0.4) is 0 Å². The highest BCUT2D eigenvalue weighted by molar-refractivity contribution is 9.10. The molecule has 4 nitrogen and oxygen atoms in total. The molecule has 0 spiro atoms. The van der Waals surface area contributed by atoms with Crippen LogP contribution in [0.15, 0.2) is 45.7 Å². The molecule has 0 saturated heterocycles. The smallest absolute Gasteiger partial charge is 0.173 e. The summed E-state index contributed by atoms with van der Waals surface area (Å²) in [6.07, 6.45) is 3.58. The van der Waals surface area contributed by atoms with Crippen LogP contribution in [0.1, 0.15) is 35.9 Å². The van der Waals surface area contributed by atoms with Crippen LogP contribution in [0.25, 0.3) is 0 Å². The molecule has 1 aliphatic heterocycles. The summed E-state index contributed by atoms with van der Waals surface area (Å²) in [5.74, 6) is 7.15. The summed E-state index contributed by atoms with van der Waals surface area (Å²) in [6, 6.07) is 10.2. The molecule has 2 unspecified atom stereocenters. The molecule has 5 heteroatoms. The van der Waals surface area contributed by atoms with Crippen molar-refractivity contribution in [1.82, 2.24) is 5.43 Å². The van der Waals surface area contributed by atoms with Crippen LogP contribution in [0.2, 0.25) is 0 Å². The SMILES string of the molecule is NNC(CC1CCOc2ccccc21)c1ccoc1Br. The van der Waals surface area contributed by atoms with E-state index in [1.165, 1.54) is 5.56 Å². The van der Waals surface area contributed by atoms with E-state index in [-0.39, 0.29) is 6.04 Å². The van der Waals surface area contributed by atoms with Crippen LogP contribution in [0, 0.1) is 0 Å². The normalized spacial score (nSPS) is 19.2. The second kappa shape index (κ2) is 5.99. The van der Waals surface area contributed by atoms with E-state index in [2.05, 4.69) is 33.5 Å². The van der Waals surface area contributed by atoms with Crippen LogP contribution in [0.4, 0.5) is 0 Å². The average molecular weight is 337 g/mol. The summed E-state index contributed by atoms with van der Waals surface area (Å²) in [6.45, 7) is 0.755. The van der Waals surface area contributed by atoms with Gasteiger partial charge < -0.3 is 9.15 Å². The highest BCUT2D eigenvalue weighted by Gasteiger charge is 2.26. The van der Waals surface area contributed by atoms with Crippen molar-refractivity contribution in [3.05, 3.63) is 52.4 Å². The van der Waals surface area contributed by atoms with Gasteiger partial charge >= 0.3 is 0 Å². The summed E-state index contributed by atoms with van der Waals surface area (Å²) in [5.41, 5.74) is 5.21. The van der Waals surface area contributed by atoms with Gasteiger partial charge in [-0.05, 0) is 52.4 Å². The predicted octanol–water partition coefficient (Wildman–Crippen LogP) is 3.50. The van der Waals surface area contributed by atoms with Gasteiger partial charge in [-0.15, -0.1) is 0 Å². The quantitative estimate of drug-likeness (QED) is 0.662. The lowest BCUT2D eigenvalue weighted by Gasteiger charge is -2.28. The molecule has 1 aromatic carbocycles. The Morgan fingerprint density at radius 3 is 2.95 bits per heavy atom. The minimum Gasteiger partial charge on any atom is -0.493 e. The molecule has 0 bridgehead atoms. The molecule has 0 aliphatic carbocycles. The fourth-order valence-electron chi connectivity index (χ4n) is 2.78. The van der Waals surface area contributed by atoms with Crippen LogP contribution in [-0.2, 0) is 0 Å². The molecule has 3 N–H and O–H groups in total. The third-order valence-corrected chi connectivity index (χ3v) is 4.47. The number of furan rings is 1. The van der Waals surface area contributed by atoms with Crippen LogP contribution < -0.4 is 16.0 Å². The van der Waals surface area contributed by atoms with Crippen molar-refractivity contribution in [1.29, 1.82) is 0 Å². The highest BCUT2D eigenvalue weighted by Crippen LogP contribution is 2.39. The number of nitrogens with one attached hydrogen (secondary N) is 1. The minimum atomic E-state index is 0.0549. The first-order chi connectivity index (χ1) is 9.79. The number of ether oxygens (including phenoxy) is 1. The van der Waals surface area contributed by atoms with Gasteiger partial charge in [0.05, 0.1) is 18.9 Å². The highest BCUT2D eigenvalue weighted by atomic mass is 79.9. The zero-order chi connectivity index (χ0) is 13.9. The van der Waals surface area contributed by atoms with E-state index in [4.69, 9.17) is 15.0 Å². The molecule has 3 rings (SSSR count). The van der Waals surface area contributed by atoms with Crippen molar-refractivity contribution in [2.75, 3.05) is 6.61 Å². The summed E-state index contributed by atoms with van der Waals surface area (Å²) >= 11 is 3.42. The molecular weight excluding hydrogens is 320 g/mol. The molecule has 0 fully saturated rings. The Hall–Kier alpha value is -1.30. The number of hydrogen-bond donors (Lipinski definition) is 2. The molecule has 0 amide bonds. The maximum Gasteiger partial charge on any atom is 0.173 e. The van der Waals surface area contributed by atoms with Gasteiger partial charge in [-0.25, -0.2) is 0 Å². The molecule has 1 aromatic heterocycles. The first-order valence-corrected chi connectivity index (χ1v) is 7.49. The molecule has 2 atom stereocenters. The Morgan fingerprint density at radius 1 is 1.35 bits per heavy atom. The van der Waals surface area contributed by atoms with E-state index in [0.29, 0.717) is 5.92 Å². The summed E-state index contributed by atoms with van der Waals surface area (Å²) in [7, 11) is 0. The Kier molecular flexibility index (Phi) is 4.10. The Bertz CT molecular complexity index is 585. The topological polar surface area (TPSA) is 60.4 Å². The van der Waals surface area contributed by atoms with Gasteiger partial charge in [-0.2, -0.15) is 0 Å². The number of halogens is 1. The first-order valence-electron chi connectivity index (χ1n) is 6.70. The van der Waals surface area contributed by atoms with Gasteiger partial charge in [0.15, 0.2) is 4.67 Å². The molecule has 2 aromatic rings. The van der Waals surface area contributed by atoms with E-state index < -0.39 is 0 Å². The second-order valence-corrected chi connectivity index (χ2v) is 5.70. The zero-order valence-corrected chi connectivity index (χ0v) is 12.6. The maximum atomic E-state index is 5.73. The predicted molar refractivity (Wildman–Crippen MR) is 80.4 cm³/mol. The van der Waals surface area contributed by atoms with Gasteiger partial charge in [-0.1, -0.05) is 18.2 Å². The van der Waals surface area contributed by atoms with E-state index in [1.807, 2.05) is 18.2 Å². The number of para-hydroxylation sites is 1. The minimum absolute atomic E-state index is 0.0549. The van der Waals surface area contributed by atoms with Crippen molar-refractivity contribution in [2.45, 2.75) is 24.8 Å². The number of benzene rings is 1. The van der Waals surface area contributed by atoms with Gasteiger partial charge in [0.2, 0.25) is 0 Å². The monoisotopic (exact) mass is 336 g/mol. The molecule has 1 aliphatic rings. The van der Waals surface area contributed by atoms with Crippen molar-refractivity contribution in [3.8, 4) is 5.75 Å². The Balaban J connectivity index is 1.82. The molecule has 2 heterocycles. The molecule has 106 valence electrons. The van der Waals surface area contributed by atoms with E-state index in [1.54, 1.807) is 6.26 Å². The molecule has 20 heavy (non-hydrogen) atoms. The third kappa shape index (κ3) is 2.61. The van der Waals surface area contributed by atoms with Crippen molar-refractivity contribution in [3.63, 3.8) is 0 Å². The van der Waals surface area contributed by atoms with E-state index in [0.717, 1.165) is 35.4 Å². The van der Waals surface area contributed by atoms with Gasteiger partial charge in [0, 0.05) is 5.56 Å². The number of rotatable bonds is 4. The number of nitrogens with two attached hydrogens (primary N) is 1. The third-order valence-electron chi connectivity index (χ3n) is 3.83. The summed E-state index contributed by atoms with van der Waals surface area (Å²) < 4.78 is 11.7. The standard InChI is InChI=1S/C15H17BrN2O2/c16-15-12(6-8-20-15)13(18-17)9-10-5-7-19-14-4-2-1-3-11(10)14/h1-4,6,8,10,13,18H,5,7,9,17H2. The van der Waals surface area contributed by atoms with Gasteiger partial charge in [0.1, 0.15) is 5.75 Å². The van der Waals surface area contributed by atoms with Crippen LogP contribution in [0.5, 0.6) is 5.75 Å². The van der Waals surface area contributed by atoms with Crippen LogP contribution in [-0.4, -0.2) is 6.61 Å². The van der Waals surface area contributed by atoms with Crippen molar-refractivity contribution < 1.29 is 9.15 Å². The molecular formula is C15H17BrN2O2. The molecule has 0 saturated carbocycles. The maximum absolute atomic E-state index is 5.73. The zero-order valence-electron chi connectivity index (χ0n) is 11.0. The Morgan fingerprint density at radius 2 is 2.20 bits per heavy atom. The lowest BCUT2D eigenvalue weighted by Crippen LogP contribution is -2.30. The summed E-state index contributed by atoms with van der Waals surface area (Å²) in [5, 5.41) is 0. The lowest BCUT2D eigenvalue weighted by molar-refractivity contribution is 0.255. The van der Waals surface area contributed by atoms with Crippen molar-refractivity contribution in [2.24, 2.45) is 5.84 Å². The number of hydrogen-bond acceptors (Lipinski definition) is 4. The van der Waals surface area contributed by atoms with Gasteiger partial charge in [0.25, 0.3) is 0 Å². The lowest BCUT2D eigenvalue weighted by atomic mass is 9.86. The largest absolute Gasteiger partial charge is 0.493 e. The van der Waals surface area contributed by atoms with Crippen LogP contribution >= 0.6 is 15.9 Å². The van der Waals surface area contributed by atoms with E-state index in [9.17, 15) is 0 Å². The fourth-order valence-corrected chi connectivity index (χ4v) is 3.30. The average Bonchev–Trinajstić information content (AvgIpc) is 2.91. The summed E-state index contributed by atoms with van der Waals surface area (Å²) in [4.78, 5) is 0. The van der Waals surface area contributed by atoms with E-state index >= 15 is 0 Å². The molecule has 0 radical (unpaired) electrons. The number of hydrazine groups is 1.